The Kier molecular flexibility index (Phi) is 3.87. The lowest BCUT2D eigenvalue weighted by Crippen LogP contribution is -2.29. The zero-order valence-electron chi connectivity index (χ0n) is 12.5. The normalized spacial score (nSPS) is 15.5. The van der Waals surface area contributed by atoms with Crippen molar-refractivity contribution in [1.29, 1.82) is 0 Å². The molecule has 0 spiro atoms. The van der Waals surface area contributed by atoms with Crippen LogP contribution in [0.4, 0.5) is 0 Å². The molecule has 1 aliphatic carbocycles. The number of nitrogens with zero attached hydrogens (tertiary/aromatic N) is 2. The fraction of sp³-hybridized carbons (Fsp3) is 0.353. The average molecular weight is 316 g/mol. The number of nitrogens with two attached hydrogens (primary N) is 1. The average Bonchev–Trinajstić information content (AvgIpc) is 3.30. The zero-order valence-corrected chi connectivity index (χ0v) is 13.2. The molecular formula is C17H18ClN3O. The van der Waals surface area contributed by atoms with E-state index in [2.05, 4.69) is 16.0 Å². The van der Waals surface area contributed by atoms with E-state index in [1.54, 1.807) is 6.20 Å². The van der Waals surface area contributed by atoms with E-state index in [1.165, 1.54) is 0 Å². The molecule has 0 aliphatic heterocycles. The van der Waals surface area contributed by atoms with E-state index in [0.29, 0.717) is 17.3 Å². The molecule has 0 bridgehead atoms. The fourth-order valence-electron chi connectivity index (χ4n) is 2.91. The molecule has 2 aromatic rings. The van der Waals surface area contributed by atoms with Crippen LogP contribution in [0.25, 0.3) is 0 Å². The van der Waals surface area contributed by atoms with Gasteiger partial charge in [-0.2, -0.15) is 0 Å². The Morgan fingerprint density at radius 1 is 1.32 bits per heavy atom. The van der Waals surface area contributed by atoms with E-state index < -0.39 is 5.41 Å². The molecule has 4 nitrogen and oxygen atoms in total. The molecule has 0 saturated heterocycles. The van der Waals surface area contributed by atoms with Crippen molar-refractivity contribution in [2.45, 2.75) is 38.0 Å². The Labute approximate surface area is 134 Å². The molecule has 1 aliphatic rings. The maximum Gasteiger partial charge on any atom is 0.228 e. The summed E-state index contributed by atoms with van der Waals surface area (Å²) in [5.74, 6) is 0.486. The first-order chi connectivity index (χ1) is 10.5. The summed E-state index contributed by atoms with van der Waals surface area (Å²) in [6.45, 7) is 1.85. The summed E-state index contributed by atoms with van der Waals surface area (Å²) in [6, 6.07) is 8.02. The summed E-state index contributed by atoms with van der Waals surface area (Å²) >= 11 is 6.16. The molecule has 1 saturated carbocycles. The van der Waals surface area contributed by atoms with Crippen LogP contribution in [0.3, 0.4) is 0 Å². The lowest BCUT2D eigenvalue weighted by atomic mass is 9.88. The summed E-state index contributed by atoms with van der Waals surface area (Å²) in [5.41, 5.74) is 8.19. The number of hydrogen-bond acceptors (Lipinski definition) is 3. The molecule has 22 heavy (non-hydrogen) atoms. The van der Waals surface area contributed by atoms with Gasteiger partial charge >= 0.3 is 0 Å². The number of halogens is 1. The largest absolute Gasteiger partial charge is 0.369 e. The number of rotatable bonds is 5. The maximum absolute atomic E-state index is 11.8. The number of primary amides is 1. The van der Waals surface area contributed by atoms with E-state index in [9.17, 15) is 4.79 Å². The van der Waals surface area contributed by atoms with Crippen molar-refractivity contribution in [3.63, 3.8) is 0 Å². The Morgan fingerprint density at radius 2 is 2.05 bits per heavy atom. The number of amides is 1. The molecule has 1 fully saturated rings. The number of aryl methyl sites for hydroxylation is 3. The quantitative estimate of drug-likeness (QED) is 0.922. The number of aromatic nitrogens is 2. The fourth-order valence-corrected chi connectivity index (χ4v) is 3.09. The topological polar surface area (TPSA) is 68.9 Å². The first-order valence-electron chi connectivity index (χ1n) is 7.39. The van der Waals surface area contributed by atoms with Crippen LogP contribution in [-0.2, 0) is 23.1 Å². The molecule has 1 aromatic heterocycles. The summed E-state index contributed by atoms with van der Waals surface area (Å²) in [6.07, 6.45) is 4.81. The van der Waals surface area contributed by atoms with Gasteiger partial charge in [-0.1, -0.05) is 35.9 Å². The van der Waals surface area contributed by atoms with Crippen LogP contribution < -0.4 is 5.73 Å². The third-order valence-corrected chi connectivity index (χ3v) is 4.64. The zero-order chi connectivity index (χ0) is 15.7. The predicted octanol–water partition coefficient (Wildman–Crippen LogP) is 2.74. The molecule has 1 amide bonds. The summed E-state index contributed by atoms with van der Waals surface area (Å²) in [7, 11) is 0. The molecule has 2 N–H and O–H groups in total. The Bertz CT molecular complexity index is 726. The summed E-state index contributed by atoms with van der Waals surface area (Å²) in [5, 5.41) is 0.583. The standard InChI is InChI=1S/C17H18ClN3O/c1-11-20-10-14(18)15(21-11)7-6-12-4-2-3-5-13(12)17(8-9-17)16(19)22/h2-5,10H,6-9H2,1H3,(H2,19,22). The number of carbonyl (C=O) groups is 1. The van der Waals surface area contributed by atoms with E-state index in [1.807, 2.05) is 25.1 Å². The van der Waals surface area contributed by atoms with Crippen LogP contribution in [0.2, 0.25) is 5.02 Å². The maximum atomic E-state index is 11.8. The van der Waals surface area contributed by atoms with Crippen molar-refractivity contribution in [2.24, 2.45) is 5.73 Å². The van der Waals surface area contributed by atoms with Crippen molar-refractivity contribution in [2.75, 3.05) is 0 Å². The van der Waals surface area contributed by atoms with Gasteiger partial charge in [0.15, 0.2) is 0 Å². The minimum Gasteiger partial charge on any atom is -0.369 e. The van der Waals surface area contributed by atoms with Gasteiger partial charge < -0.3 is 5.73 Å². The molecule has 5 heteroatoms. The summed E-state index contributed by atoms with van der Waals surface area (Å²) in [4.78, 5) is 20.3. The van der Waals surface area contributed by atoms with Gasteiger partial charge in [0.05, 0.1) is 16.1 Å². The minimum absolute atomic E-state index is 0.226. The second-order valence-corrected chi connectivity index (χ2v) is 6.22. The van der Waals surface area contributed by atoms with Gasteiger partial charge in [0.1, 0.15) is 5.82 Å². The van der Waals surface area contributed by atoms with Crippen molar-refractivity contribution in [1.82, 2.24) is 9.97 Å². The lowest BCUT2D eigenvalue weighted by molar-refractivity contribution is -0.120. The third kappa shape index (κ3) is 2.71. The second-order valence-electron chi connectivity index (χ2n) is 5.82. The van der Waals surface area contributed by atoms with Gasteiger partial charge in [0.25, 0.3) is 0 Å². The highest BCUT2D eigenvalue weighted by molar-refractivity contribution is 6.31. The molecule has 3 rings (SSSR count). The van der Waals surface area contributed by atoms with Crippen molar-refractivity contribution >= 4 is 17.5 Å². The van der Waals surface area contributed by atoms with Gasteiger partial charge in [-0.25, -0.2) is 9.97 Å². The Morgan fingerprint density at radius 3 is 2.73 bits per heavy atom. The Hall–Kier alpha value is -1.94. The molecule has 0 atom stereocenters. The van der Waals surface area contributed by atoms with E-state index >= 15 is 0 Å². The van der Waals surface area contributed by atoms with Gasteiger partial charge in [-0.05, 0) is 43.7 Å². The molecule has 0 radical (unpaired) electrons. The highest BCUT2D eigenvalue weighted by Gasteiger charge is 2.50. The molecular weight excluding hydrogens is 298 g/mol. The van der Waals surface area contributed by atoms with Gasteiger partial charge in [0.2, 0.25) is 5.91 Å². The third-order valence-electron chi connectivity index (χ3n) is 4.32. The van der Waals surface area contributed by atoms with Crippen molar-refractivity contribution in [3.8, 4) is 0 Å². The van der Waals surface area contributed by atoms with Gasteiger partial charge in [0, 0.05) is 6.20 Å². The predicted molar refractivity (Wildman–Crippen MR) is 85.7 cm³/mol. The summed E-state index contributed by atoms with van der Waals surface area (Å²) < 4.78 is 0. The van der Waals surface area contributed by atoms with Crippen LogP contribution in [0.1, 0.15) is 35.5 Å². The van der Waals surface area contributed by atoms with Crippen LogP contribution >= 0.6 is 11.6 Å². The molecule has 0 unspecified atom stereocenters. The van der Waals surface area contributed by atoms with E-state index in [-0.39, 0.29) is 5.91 Å². The van der Waals surface area contributed by atoms with Crippen molar-refractivity contribution < 1.29 is 4.79 Å². The molecule has 1 aromatic carbocycles. The SMILES string of the molecule is Cc1ncc(Cl)c(CCc2ccccc2C2(C(N)=O)CC2)n1. The van der Waals surface area contributed by atoms with Crippen LogP contribution in [0, 0.1) is 6.92 Å². The number of hydrogen-bond donors (Lipinski definition) is 1. The molecule has 114 valence electrons. The molecule has 1 heterocycles. The second kappa shape index (κ2) is 5.69. The minimum atomic E-state index is -0.456. The number of carbonyl (C=O) groups excluding carboxylic acids is 1. The van der Waals surface area contributed by atoms with Crippen molar-refractivity contribution in [3.05, 3.63) is 58.1 Å². The lowest BCUT2D eigenvalue weighted by Gasteiger charge is -2.16. The van der Waals surface area contributed by atoms with Gasteiger partial charge in [-0.15, -0.1) is 0 Å². The monoisotopic (exact) mass is 315 g/mol. The van der Waals surface area contributed by atoms with Crippen LogP contribution in [0.15, 0.2) is 30.5 Å². The van der Waals surface area contributed by atoms with Gasteiger partial charge in [-0.3, -0.25) is 4.79 Å². The highest BCUT2D eigenvalue weighted by atomic mass is 35.5. The van der Waals surface area contributed by atoms with Crippen LogP contribution in [0.5, 0.6) is 0 Å². The number of benzene rings is 1. The highest BCUT2D eigenvalue weighted by Crippen LogP contribution is 2.49. The van der Waals surface area contributed by atoms with E-state index in [4.69, 9.17) is 17.3 Å². The van der Waals surface area contributed by atoms with E-state index in [0.717, 1.165) is 36.1 Å². The first-order valence-corrected chi connectivity index (χ1v) is 7.77. The smallest absolute Gasteiger partial charge is 0.228 e. The Balaban J connectivity index is 1.85. The first kappa shape index (κ1) is 15.0. The van der Waals surface area contributed by atoms with Crippen LogP contribution in [-0.4, -0.2) is 15.9 Å².